The highest BCUT2D eigenvalue weighted by Crippen LogP contribution is 2.27. The second-order valence-corrected chi connectivity index (χ2v) is 6.82. The molecule has 144 valence electrons. The number of carbonyl (C=O) groups excluding carboxylic acids is 1. The minimum atomic E-state index is -0.284. The number of aryl methyl sites for hydroxylation is 1. The van der Waals surface area contributed by atoms with Gasteiger partial charge in [-0.1, -0.05) is 42.5 Å². The average Bonchev–Trinajstić information content (AvgIpc) is 2.75. The number of rotatable bonds is 4. The molecule has 0 fully saturated rings. The topological polar surface area (TPSA) is 71.2 Å². The van der Waals surface area contributed by atoms with Crippen molar-refractivity contribution < 1.29 is 9.53 Å². The second-order valence-electron chi connectivity index (χ2n) is 6.82. The van der Waals surface area contributed by atoms with Crippen LogP contribution in [-0.4, -0.2) is 18.0 Å². The summed E-state index contributed by atoms with van der Waals surface area (Å²) in [6.45, 7) is 1.76. The van der Waals surface area contributed by atoms with Gasteiger partial charge in [-0.3, -0.25) is 9.59 Å². The third-order valence-corrected chi connectivity index (χ3v) is 4.84. The van der Waals surface area contributed by atoms with Crippen LogP contribution in [0, 0.1) is 6.92 Å². The number of fused-ring (bicyclic) bond motifs is 1. The second kappa shape index (κ2) is 7.64. The first-order valence-corrected chi connectivity index (χ1v) is 9.23. The number of pyridine rings is 1. The van der Waals surface area contributed by atoms with Crippen molar-refractivity contribution in [3.63, 3.8) is 0 Å². The Kier molecular flexibility index (Phi) is 4.87. The van der Waals surface area contributed by atoms with E-state index in [0.717, 1.165) is 16.5 Å². The molecule has 5 heteroatoms. The normalized spacial score (nSPS) is 10.7. The number of ether oxygens (including phenoxy) is 1. The number of nitrogens with one attached hydrogen (secondary N) is 2. The highest BCUT2D eigenvalue weighted by Gasteiger charge is 2.14. The minimum absolute atomic E-state index is 0.141. The van der Waals surface area contributed by atoms with Gasteiger partial charge in [-0.15, -0.1) is 0 Å². The van der Waals surface area contributed by atoms with E-state index in [1.54, 1.807) is 19.1 Å². The van der Waals surface area contributed by atoms with Gasteiger partial charge in [-0.05, 0) is 53.8 Å². The van der Waals surface area contributed by atoms with Gasteiger partial charge in [0.1, 0.15) is 5.75 Å². The van der Waals surface area contributed by atoms with Crippen LogP contribution < -0.4 is 15.6 Å². The largest absolute Gasteiger partial charge is 0.496 e. The highest BCUT2D eigenvalue weighted by molar-refractivity contribution is 6.07. The number of carbonyl (C=O) groups is 1. The Morgan fingerprint density at radius 2 is 1.72 bits per heavy atom. The zero-order valence-corrected chi connectivity index (χ0v) is 16.2. The summed E-state index contributed by atoms with van der Waals surface area (Å²) in [7, 11) is 1.54. The summed E-state index contributed by atoms with van der Waals surface area (Å²) in [6.07, 6.45) is 0. The Balaban J connectivity index is 1.68. The molecule has 0 saturated heterocycles. The first kappa shape index (κ1) is 18.5. The van der Waals surface area contributed by atoms with E-state index in [1.807, 2.05) is 60.7 Å². The van der Waals surface area contributed by atoms with Crippen molar-refractivity contribution in [3.8, 4) is 16.9 Å². The number of hydrogen-bond donors (Lipinski definition) is 2. The Morgan fingerprint density at radius 3 is 2.48 bits per heavy atom. The molecule has 0 bridgehead atoms. The third-order valence-electron chi connectivity index (χ3n) is 4.84. The summed E-state index contributed by atoms with van der Waals surface area (Å²) in [5.74, 6) is 0.209. The van der Waals surface area contributed by atoms with E-state index in [-0.39, 0.29) is 11.5 Å². The van der Waals surface area contributed by atoms with Crippen molar-refractivity contribution in [2.24, 2.45) is 0 Å². The van der Waals surface area contributed by atoms with Crippen LogP contribution in [0.25, 0.3) is 22.0 Å². The van der Waals surface area contributed by atoms with Crippen molar-refractivity contribution in [2.45, 2.75) is 6.92 Å². The first-order chi connectivity index (χ1) is 14.0. The fourth-order valence-corrected chi connectivity index (χ4v) is 3.28. The lowest BCUT2D eigenvalue weighted by molar-refractivity contribution is 0.102. The van der Waals surface area contributed by atoms with Crippen molar-refractivity contribution in [3.05, 3.63) is 94.3 Å². The third kappa shape index (κ3) is 3.75. The Labute approximate surface area is 168 Å². The van der Waals surface area contributed by atoms with E-state index in [2.05, 4.69) is 10.3 Å². The van der Waals surface area contributed by atoms with Gasteiger partial charge in [0, 0.05) is 11.3 Å². The maximum Gasteiger partial charge on any atom is 0.259 e. The molecule has 0 aliphatic rings. The van der Waals surface area contributed by atoms with Crippen LogP contribution in [0.2, 0.25) is 0 Å². The summed E-state index contributed by atoms with van der Waals surface area (Å²) >= 11 is 0. The van der Waals surface area contributed by atoms with E-state index in [9.17, 15) is 9.59 Å². The van der Waals surface area contributed by atoms with Crippen molar-refractivity contribution in [1.29, 1.82) is 0 Å². The van der Waals surface area contributed by atoms with Gasteiger partial charge >= 0.3 is 0 Å². The van der Waals surface area contributed by atoms with Gasteiger partial charge in [0.2, 0.25) is 0 Å². The molecule has 0 aliphatic carbocycles. The zero-order chi connectivity index (χ0) is 20.4. The smallest absolute Gasteiger partial charge is 0.259 e. The molecule has 2 N–H and O–H groups in total. The number of benzene rings is 3. The van der Waals surface area contributed by atoms with Crippen LogP contribution in [0.1, 0.15) is 15.9 Å². The fraction of sp³-hybridized carbons (Fsp3) is 0.0833. The predicted octanol–water partition coefficient (Wildman–Crippen LogP) is 4.76. The van der Waals surface area contributed by atoms with Crippen LogP contribution in [0.4, 0.5) is 5.69 Å². The van der Waals surface area contributed by atoms with E-state index in [1.165, 1.54) is 7.11 Å². The van der Waals surface area contributed by atoms with Crippen LogP contribution in [-0.2, 0) is 0 Å². The van der Waals surface area contributed by atoms with Gasteiger partial charge < -0.3 is 15.0 Å². The summed E-state index contributed by atoms with van der Waals surface area (Å²) in [6, 6.07) is 22.6. The fourth-order valence-electron chi connectivity index (χ4n) is 3.28. The standard InChI is InChI=1S/C24H20N2O3/c1-15-12-18-8-10-19(14-21(18)26-23(15)27)25-24(28)20-13-17(9-11-22(20)29-2)16-6-4-3-5-7-16/h3-14H,1-2H3,(H,25,28)(H,26,27). The molecule has 4 aromatic rings. The summed E-state index contributed by atoms with van der Waals surface area (Å²) in [5, 5.41) is 3.80. The van der Waals surface area contributed by atoms with E-state index < -0.39 is 0 Å². The number of aromatic amines is 1. The van der Waals surface area contributed by atoms with Gasteiger partial charge in [0.15, 0.2) is 0 Å². The van der Waals surface area contributed by atoms with Crippen LogP contribution in [0.15, 0.2) is 77.6 Å². The molecular formula is C24H20N2O3. The Morgan fingerprint density at radius 1 is 0.931 bits per heavy atom. The first-order valence-electron chi connectivity index (χ1n) is 9.23. The number of anilines is 1. The SMILES string of the molecule is COc1ccc(-c2ccccc2)cc1C(=O)Nc1ccc2cc(C)c(=O)[nH]c2c1. The average molecular weight is 384 g/mol. The lowest BCUT2D eigenvalue weighted by Crippen LogP contribution is -2.14. The molecule has 1 aromatic heterocycles. The quantitative estimate of drug-likeness (QED) is 0.533. The highest BCUT2D eigenvalue weighted by atomic mass is 16.5. The molecule has 3 aromatic carbocycles. The predicted molar refractivity (Wildman–Crippen MR) is 116 cm³/mol. The maximum absolute atomic E-state index is 13.0. The molecular weight excluding hydrogens is 364 g/mol. The van der Waals surface area contributed by atoms with E-state index >= 15 is 0 Å². The molecule has 0 radical (unpaired) electrons. The number of H-pyrrole nitrogens is 1. The number of aromatic nitrogens is 1. The molecule has 1 heterocycles. The molecule has 4 rings (SSSR count). The molecule has 29 heavy (non-hydrogen) atoms. The molecule has 5 nitrogen and oxygen atoms in total. The Bertz CT molecular complexity index is 1260. The maximum atomic E-state index is 13.0. The van der Waals surface area contributed by atoms with Crippen LogP contribution >= 0.6 is 0 Å². The zero-order valence-electron chi connectivity index (χ0n) is 16.2. The minimum Gasteiger partial charge on any atom is -0.496 e. The van der Waals surface area contributed by atoms with E-state index in [0.29, 0.717) is 28.1 Å². The number of amides is 1. The van der Waals surface area contributed by atoms with Gasteiger partial charge in [0.05, 0.1) is 18.2 Å². The summed E-state index contributed by atoms with van der Waals surface area (Å²) in [5.41, 5.74) is 4.15. The van der Waals surface area contributed by atoms with Gasteiger partial charge in [0.25, 0.3) is 11.5 Å². The van der Waals surface area contributed by atoms with Gasteiger partial charge in [-0.2, -0.15) is 0 Å². The van der Waals surface area contributed by atoms with Gasteiger partial charge in [-0.25, -0.2) is 0 Å². The number of hydrogen-bond acceptors (Lipinski definition) is 3. The molecule has 0 atom stereocenters. The van der Waals surface area contributed by atoms with Crippen LogP contribution in [0.3, 0.4) is 0 Å². The van der Waals surface area contributed by atoms with E-state index in [4.69, 9.17) is 4.74 Å². The summed E-state index contributed by atoms with van der Waals surface area (Å²) < 4.78 is 5.39. The molecule has 0 unspecified atom stereocenters. The van der Waals surface area contributed by atoms with Crippen molar-refractivity contribution >= 4 is 22.5 Å². The Hall–Kier alpha value is -3.86. The molecule has 0 saturated carbocycles. The monoisotopic (exact) mass is 384 g/mol. The summed E-state index contributed by atoms with van der Waals surface area (Å²) in [4.78, 5) is 27.7. The lowest BCUT2D eigenvalue weighted by Gasteiger charge is -2.12. The molecule has 1 amide bonds. The van der Waals surface area contributed by atoms with Crippen molar-refractivity contribution in [2.75, 3.05) is 12.4 Å². The molecule has 0 spiro atoms. The van der Waals surface area contributed by atoms with Crippen LogP contribution in [0.5, 0.6) is 5.75 Å². The van der Waals surface area contributed by atoms with Crippen molar-refractivity contribution in [1.82, 2.24) is 4.98 Å². The number of methoxy groups -OCH3 is 1. The molecule has 0 aliphatic heterocycles. The lowest BCUT2D eigenvalue weighted by atomic mass is 10.0.